The van der Waals surface area contributed by atoms with Crippen LogP contribution in [0, 0.1) is 18.8 Å². The Labute approximate surface area is 131 Å². The second-order valence-corrected chi connectivity index (χ2v) is 6.23. The number of thiophene rings is 1. The summed E-state index contributed by atoms with van der Waals surface area (Å²) in [7, 11) is 0. The van der Waals surface area contributed by atoms with Crippen LogP contribution in [0.2, 0.25) is 0 Å². The van der Waals surface area contributed by atoms with Gasteiger partial charge in [-0.2, -0.15) is 0 Å². The molecule has 0 fully saturated rings. The molecule has 2 nitrogen and oxygen atoms in total. The van der Waals surface area contributed by atoms with Gasteiger partial charge in [-0.25, -0.2) is 0 Å². The third-order valence-electron chi connectivity index (χ3n) is 3.31. The largest absolute Gasteiger partial charge is 0.488 e. The molecule has 2 N–H and O–H groups in total. The van der Waals surface area contributed by atoms with E-state index in [0.29, 0.717) is 19.1 Å². The monoisotopic (exact) mass is 299 g/mol. The fourth-order valence-electron chi connectivity index (χ4n) is 1.98. The summed E-state index contributed by atoms with van der Waals surface area (Å²) < 4.78 is 6.00. The van der Waals surface area contributed by atoms with Gasteiger partial charge in [0, 0.05) is 5.56 Å². The average Bonchev–Trinajstić information content (AvgIpc) is 2.91. The van der Waals surface area contributed by atoms with Crippen LogP contribution in [-0.4, -0.2) is 6.54 Å². The summed E-state index contributed by atoms with van der Waals surface area (Å²) in [5, 5.41) is 2.04. The van der Waals surface area contributed by atoms with E-state index in [1.165, 1.54) is 5.56 Å². The topological polar surface area (TPSA) is 35.2 Å². The van der Waals surface area contributed by atoms with Crippen LogP contribution in [0.1, 0.15) is 41.3 Å². The van der Waals surface area contributed by atoms with Crippen LogP contribution >= 0.6 is 11.3 Å². The number of nitrogens with two attached hydrogens (primary N) is 1. The van der Waals surface area contributed by atoms with E-state index in [1.807, 2.05) is 11.4 Å². The van der Waals surface area contributed by atoms with Crippen LogP contribution in [0.4, 0.5) is 0 Å². The number of ether oxygens (including phenoxy) is 1. The minimum Gasteiger partial charge on any atom is -0.488 e. The van der Waals surface area contributed by atoms with Crippen molar-refractivity contribution in [3.8, 4) is 17.6 Å². The first-order chi connectivity index (χ1) is 10.1. The zero-order chi connectivity index (χ0) is 15.2. The lowest BCUT2D eigenvalue weighted by molar-refractivity contribution is 0.307. The van der Waals surface area contributed by atoms with Crippen LogP contribution in [0.5, 0.6) is 5.75 Å². The summed E-state index contributed by atoms with van der Waals surface area (Å²) in [6.07, 6.45) is 0. The standard InChI is InChI=1S/C18H21NOS/c1-13(2)16-7-6-14(3)17(11-16)20-12-18-15(5-4-9-19)8-10-21-18/h6-8,10-11,13H,9,12,19H2,1-3H3. The van der Waals surface area contributed by atoms with Gasteiger partial charge >= 0.3 is 0 Å². The maximum absolute atomic E-state index is 6.00. The van der Waals surface area contributed by atoms with Gasteiger partial charge in [0.2, 0.25) is 0 Å². The molecule has 0 bridgehead atoms. The van der Waals surface area contributed by atoms with Crippen molar-refractivity contribution in [2.75, 3.05) is 6.54 Å². The second kappa shape index (κ2) is 7.31. The van der Waals surface area contributed by atoms with E-state index in [1.54, 1.807) is 11.3 Å². The first kappa shape index (κ1) is 15.6. The van der Waals surface area contributed by atoms with Crippen LogP contribution < -0.4 is 10.5 Å². The van der Waals surface area contributed by atoms with Crippen molar-refractivity contribution in [2.24, 2.45) is 5.73 Å². The molecule has 2 aromatic rings. The molecule has 21 heavy (non-hydrogen) atoms. The van der Waals surface area contributed by atoms with Crippen molar-refractivity contribution in [3.63, 3.8) is 0 Å². The minimum absolute atomic E-state index is 0.381. The van der Waals surface area contributed by atoms with Gasteiger partial charge in [-0.3, -0.25) is 0 Å². The Kier molecular flexibility index (Phi) is 5.44. The predicted molar refractivity (Wildman–Crippen MR) is 89.9 cm³/mol. The number of aryl methyl sites for hydroxylation is 1. The first-order valence-corrected chi connectivity index (χ1v) is 7.98. The third kappa shape index (κ3) is 4.10. The van der Waals surface area contributed by atoms with Gasteiger partial charge in [0.15, 0.2) is 0 Å². The van der Waals surface area contributed by atoms with Gasteiger partial charge in [0.1, 0.15) is 12.4 Å². The molecule has 0 saturated carbocycles. The molecule has 1 heterocycles. The third-order valence-corrected chi connectivity index (χ3v) is 4.20. The van der Waals surface area contributed by atoms with Crippen molar-refractivity contribution >= 4 is 11.3 Å². The Balaban J connectivity index is 2.13. The highest BCUT2D eigenvalue weighted by atomic mass is 32.1. The number of hydrogen-bond donors (Lipinski definition) is 1. The molecule has 0 aliphatic carbocycles. The molecule has 0 aliphatic heterocycles. The molecule has 1 aromatic carbocycles. The van der Waals surface area contributed by atoms with Crippen LogP contribution in [-0.2, 0) is 6.61 Å². The van der Waals surface area contributed by atoms with E-state index in [4.69, 9.17) is 10.5 Å². The van der Waals surface area contributed by atoms with Crippen LogP contribution in [0.15, 0.2) is 29.6 Å². The van der Waals surface area contributed by atoms with Crippen LogP contribution in [0.25, 0.3) is 0 Å². The number of benzene rings is 1. The van der Waals surface area contributed by atoms with E-state index in [-0.39, 0.29) is 0 Å². The molecular formula is C18H21NOS. The van der Waals surface area contributed by atoms with Gasteiger partial charge < -0.3 is 10.5 Å². The van der Waals surface area contributed by atoms with E-state index in [9.17, 15) is 0 Å². The zero-order valence-electron chi connectivity index (χ0n) is 12.8. The molecule has 0 aliphatic rings. The van der Waals surface area contributed by atoms with Gasteiger partial charge in [-0.15, -0.1) is 11.3 Å². The quantitative estimate of drug-likeness (QED) is 0.864. The van der Waals surface area contributed by atoms with Crippen molar-refractivity contribution in [1.82, 2.24) is 0 Å². The predicted octanol–water partition coefficient (Wildman–Crippen LogP) is 4.07. The van der Waals surface area contributed by atoms with E-state index in [2.05, 4.69) is 50.8 Å². The Hall–Kier alpha value is -1.76. The zero-order valence-corrected chi connectivity index (χ0v) is 13.6. The summed E-state index contributed by atoms with van der Waals surface area (Å²) >= 11 is 1.67. The lowest BCUT2D eigenvalue weighted by Gasteiger charge is -2.12. The van der Waals surface area contributed by atoms with Gasteiger partial charge in [-0.05, 0) is 41.5 Å². The highest BCUT2D eigenvalue weighted by Crippen LogP contribution is 2.26. The van der Waals surface area contributed by atoms with Crippen molar-refractivity contribution in [1.29, 1.82) is 0 Å². The summed E-state index contributed by atoms with van der Waals surface area (Å²) in [5.41, 5.74) is 8.89. The fourth-order valence-corrected chi connectivity index (χ4v) is 2.73. The summed E-state index contributed by atoms with van der Waals surface area (Å²) in [5.74, 6) is 7.43. The molecule has 2 rings (SSSR count). The second-order valence-electron chi connectivity index (χ2n) is 5.23. The molecule has 0 amide bonds. The van der Waals surface area contributed by atoms with Crippen molar-refractivity contribution in [2.45, 2.75) is 33.3 Å². The molecule has 0 unspecified atom stereocenters. The number of hydrogen-bond acceptors (Lipinski definition) is 3. The van der Waals surface area contributed by atoms with Crippen molar-refractivity contribution < 1.29 is 4.74 Å². The molecule has 1 aromatic heterocycles. The summed E-state index contributed by atoms with van der Waals surface area (Å²) in [4.78, 5) is 1.14. The van der Waals surface area contributed by atoms with E-state index < -0.39 is 0 Å². The van der Waals surface area contributed by atoms with Crippen LogP contribution in [0.3, 0.4) is 0 Å². The number of rotatable bonds is 4. The summed E-state index contributed by atoms with van der Waals surface area (Å²) in [6.45, 7) is 7.38. The normalized spacial score (nSPS) is 10.3. The highest BCUT2D eigenvalue weighted by Gasteiger charge is 2.07. The maximum Gasteiger partial charge on any atom is 0.124 e. The fraction of sp³-hybridized carbons (Fsp3) is 0.333. The van der Waals surface area contributed by atoms with Gasteiger partial charge in [0.25, 0.3) is 0 Å². The highest BCUT2D eigenvalue weighted by molar-refractivity contribution is 7.10. The Morgan fingerprint density at radius 1 is 1.29 bits per heavy atom. The lowest BCUT2D eigenvalue weighted by atomic mass is 10.0. The Bertz CT molecular complexity index is 661. The molecular weight excluding hydrogens is 278 g/mol. The molecule has 0 spiro atoms. The van der Waals surface area contributed by atoms with Gasteiger partial charge in [0.05, 0.1) is 11.4 Å². The smallest absolute Gasteiger partial charge is 0.124 e. The molecule has 0 saturated heterocycles. The maximum atomic E-state index is 6.00. The van der Waals surface area contributed by atoms with E-state index in [0.717, 1.165) is 21.8 Å². The lowest BCUT2D eigenvalue weighted by Crippen LogP contribution is -1.99. The van der Waals surface area contributed by atoms with Crippen molar-refractivity contribution in [3.05, 3.63) is 51.2 Å². The molecule has 110 valence electrons. The SMILES string of the molecule is Cc1ccc(C(C)C)cc1OCc1sccc1C#CCN. The molecule has 0 atom stereocenters. The molecule has 3 heteroatoms. The average molecular weight is 299 g/mol. The minimum atomic E-state index is 0.381. The summed E-state index contributed by atoms with van der Waals surface area (Å²) in [6, 6.07) is 8.44. The Morgan fingerprint density at radius 3 is 2.81 bits per heavy atom. The molecule has 0 radical (unpaired) electrons. The Morgan fingerprint density at radius 2 is 2.10 bits per heavy atom. The first-order valence-electron chi connectivity index (χ1n) is 7.10. The van der Waals surface area contributed by atoms with Gasteiger partial charge in [-0.1, -0.05) is 37.8 Å². The van der Waals surface area contributed by atoms with E-state index >= 15 is 0 Å².